The molecule has 1 aliphatic rings. The molecule has 24 heavy (non-hydrogen) atoms. The van der Waals surface area contributed by atoms with Gasteiger partial charge in [0.15, 0.2) is 0 Å². The summed E-state index contributed by atoms with van der Waals surface area (Å²) in [6.45, 7) is 4.37. The number of rotatable bonds is 3. The molecule has 0 atom stereocenters. The van der Waals surface area contributed by atoms with Crippen molar-refractivity contribution >= 4 is 17.8 Å². The van der Waals surface area contributed by atoms with Crippen LogP contribution in [-0.2, 0) is 5.41 Å². The Morgan fingerprint density at radius 2 is 2.04 bits per heavy atom. The maximum absolute atomic E-state index is 11.9. The molecule has 0 saturated carbocycles. The first-order valence-electron chi connectivity index (χ1n) is 7.79. The average Bonchev–Trinajstić information content (AvgIpc) is 2.80. The first-order chi connectivity index (χ1) is 11.5. The number of anilines is 1. The largest absolute Gasteiger partial charge is 0.347 e. The second kappa shape index (κ2) is 6.28. The Kier molecular flexibility index (Phi) is 4.16. The molecule has 0 bridgehead atoms. The van der Waals surface area contributed by atoms with E-state index in [9.17, 15) is 4.79 Å². The van der Waals surface area contributed by atoms with Gasteiger partial charge in [0.2, 0.25) is 0 Å². The van der Waals surface area contributed by atoms with Gasteiger partial charge in [0.1, 0.15) is 0 Å². The third kappa shape index (κ3) is 2.80. The lowest BCUT2D eigenvalue weighted by molar-refractivity contribution is 0.0955. The number of hydrazone groups is 1. The highest BCUT2D eigenvalue weighted by Crippen LogP contribution is 2.46. The smallest absolute Gasteiger partial charge is 0.272 e. The Balaban J connectivity index is 1.74. The van der Waals surface area contributed by atoms with Gasteiger partial charge in [0.05, 0.1) is 5.56 Å². The van der Waals surface area contributed by atoms with Crippen molar-refractivity contribution in [2.24, 2.45) is 5.10 Å². The number of aromatic nitrogens is 1. The second-order valence-corrected chi connectivity index (χ2v) is 6.21. The fourth-order valence-corrected chi connectivity index (χ4v) is 3.07. The Morgan fingerprint density at radius 1 is 1.25 bits per heavy atom. The van der Waals surface area contributed by atoms with Gasteiger partial charge in [-0.2, -0.15) is 5.10 Å². The lowest BCUT2D eigenvalue weighted by Crippen LogP contribution is -2.23. The van der Waals surface area contributed by atoms with E-state index in [1.807, 2.05) is 19.2 Å². The second-order valence-electron chi connectivity index (χ2n) is 6.21. The number of pyridine rings is 1. The minimum absolute atomic E-state index is 0.106. The quantitative estimate of drug-likeness (QED) is 0.698. The Bertz CT molecular complexity index is 809. The van der Waals surface area contributed by atoms with E-state index < -0.39 is 0 Å². The number of carbonyl (C=O) groups excluding carboxylic acids is 1. The zero-order valence-corrected chi connectivity index (χ0v) is 14.0. The number of fused-ring (bicyclic) bond motifs is 1. The standard InChI is InChI=1S/C19H20N4O/c1-19(2)15-8-4-5-9-16(15)23(3)17(19)10-12-21-22-18(24)14-7-6-11-20-13-14/h4-13H,1-3H3,(H,22,24)/b17-10+,21-12-. The zero-order valence-electron chi connectivity index (χ0n) is 14.0. The van der Waals surface area contributed by atoms with E-state index in [-0.39, 0.29) is 11.3 Å². The summed E-state index contributed by atoms with van der Waals surface area (Å²) in [4.78, 5) is 18.0. The van der Waals surface area contributed by atoms with Crippen molar-refractivity contribution in [1.29, 1.82) is 0 Å². The molecular formula is C19H20N4O. The van der Waals surface area contributed by atoms with Gasteiger partial charge in [-0.25, -0.2) is 5.43 Å². The molecule has 5 nitrogen and oxygen atoms in total. The fraction of sp³-hybridized carbons (Fsp3) is 0.211. The van der Waals surface area contributed by atoms with Crippen molar-refractivity contribution in [2.45, 2.75) is 19.3 Å². The number of amides is 1. The predicted octanol–water partition coefficient (Wildman–Crippen LogP) is 3.11. The number of benzene rings is 1. The van der Waals surface area contributed by atoms with E-state index in [0.29, 0.717) is 5.56 Å². The normalized spacial score (nSPS) is 17.3. The number of hydrogen-bond acceptors (Lipinski definition) is 4. The molecule has 0 saturated heterocycles. The molecule has 122 valence electrons. The molecule has 1 amide bonds. The summed E-state index contributed by atoms with van der Waals surface area (Å²) in [5, 5.41) is 4.02. The Morgan fingerprint density at radius 3 is 2.75 bits per heavy atom. The molecule has 2 heterocycles. The van der Waals surface area contributed by atoms with Crippen LogP contribution in [0.3, 0.4) is 0 Å². The Hall–Kier alpha value is -2.95. The fourth-order valence-electron chi connectivity index (χ4n) is 3.07. The molecule has 0 aliphatic carbocycles. The van der Waals surface area contributed by atoms with Crippen LogP contribution in [0, 0.1) is 0 Å². The van der Waals surface area contributed by atoms with Crippen LogP contribution in [0.2, 0.25) is 0 Å². The van der Waals surface area contributed by atoms with E-state index in [1.165, 1.54) is 17.4 Å². The summed E-state index contributed by atoms with van der Waals surface area (Å²) in [5.41, 5.74) is 6.49. The van der Waals surface area contributed by atoms with Gasteiger partial charge in [-0.3, -0.25) is 9.78 Å². The molecule has 0 fully saturated rings. The first-order valence-corrected chi connectivity index (χ1v) is 7.79. The number of nitrogens with zero attached hydrogens (tertiary/aromatic N) is 3. The molecule has 1 N–H and O–H groups in total. The van der Waals surface area contributed by atoms with E-state index >= 15 is 0 Å². The van der Waals surface area contributed by atoms with E-state index in [0.717, 1.165) is 5.70 Å². The van der Waals surface area contributed by atoms with Crippen LogP contribution in [0.5, 0.6) is 0 Å². The van der Waals surface area contributed by atoms with Gasteiger partial charge >= 0.3 is 0 Å². The average molecular weight is 320 g/mol. The zero-order chi connectivity index (χ0) is 17.2. The maximum Gasteiger partial charge on any atom is 0.272 e. The molecule has 3 rings (SSSR count). The van der Waals surface area contributed by atoms with Crippen LogP contribution >= 0.6 is 0 Å². The maximum atomic E-state index is 11.9. The summed E-state index contributed by atoms with van der Waals surface area (Å²) in [5.74, 6) is -0.278. The lowest BCUT2D eigenvalue weighted by Gasteiger charge is -2.23. The number of nitrogens with one attached hydrogen (secondary N) is 1. The molecule has 2 aromatic rings. The van der Waals surface area contributed by atoms with Crippen molar-refractivity contribution in [2.75, 3.05) is 11.9 Å². The van der Waals surface area contributed by atoms with Crippen LogP contribution in [0.25, 0.3) is 0 Å². The Labute approximate surface area is 141 Å². The minimum atomic E-state index is -0.278. The number of hydrogen-bond donors (Lipinski definition) is 1. The molecule has 0 unspecified atom stereocenters. The van der Waals surface area contributed by atoms with Crippen molar-refractivity contribution in [3.05, 3.63) is 71.7 Å². The third-order valence-electron chi connectivity index (χ3n) is 4.34. The van der Waals surface area contributed by atoms with Gasteiger partial charge < -0.3 is 4.90 Å². The number of para-hydroxylation sites is 1. The van der Waals surface area contributed by atoms with Crippen LogP contribution in [0.1, 0.15) is 29.8 Å². The third-order valence-corrected chi connectivity index (χ3v) is 4.34. The van der Waals surface area contributed by atoms with Gasteiger partial charge in [-0.1, -0.05) is 32.0 Å². The SMILES string of the molecule is CN1/C(=C/C=N\NC(=O)c2cccnc2)C(C)(C)c2ccccc21. The van der Waals surface area contributed by atoms with Gasteiger partial charge in [-0.05, 0) is 29.8 Å². The van der Waals surface area contributed by atoms with Crippen molar-refractivity contribution in [3.8, 4) is 0 Å². The van der Waals surface area contributed by atoms with Crippen LogP contribution in [-0.4, -0.2) is 24.2 Å². The molecule has 0 spiro atoms. The topological polar surface area (TPSA) is 57.6 Å². The molecule has 0 radical (unpaired) electrons. The van der Waals surface area contributed by atoms with Gasteiger partial charge in [0.25, 0.3) is 5.91 Å². The first kappa shape index (κ1) is 15.9. The molecule has 1 aromatic heterocycles. The number of carbonyl (C=O) groups is 1. The van der Waals surface area contributed by atoms with Crippen molar-refractivity contribution in [3.63, 3.8) is 0 Å². The van der Waals surface area contributed by atoms with Crippen LogP contribution in [0.15, 0.2) is 65.7 Å². The van der Waals surface area contributed by atoms with E-state index in [2.05, 4.69) is 52.5 Å². The highest BCUT2D eigenvalue weighted by atomic mass is 16.2. The highest BCUT2D eigenvalue weighted by Gasteiger charge is 2.37. The van der Waals surface area contributed by atoms with E-state index in [4.69, 9.17) is 0 Å². The molecule has 5 heteroatoms. The molecule has 1 aliphatic heterocycles. The highest BCUT2D eigenvalue weighted by molar-refractivity contribution is 5.94. The summed E-state index contributed by atoms with van der Waals surface area (Å²) in [7, 11) is 2.04. The summed E-state index contributed by atoms with van der Waals surface area (Å²) in [6.07, 6.45) is 6.69. The van der Waals surface area contributed by atoms with Crippen molar-refractivity contribution < 1.29 is 4.79 Å². The predicted molar refractivity (Wildman–Crippen MR) is 96.1 cm³/mol. The van der Waals surface area contributed by atoms with Crippen molar-refractivity contribution in [1.82, 2.24) is 10.4 Å². The van der Waals surface area contributed by atoms with Gasteiger partial charge in [-0.15, -0.1) is 0 Å². The van der Waals surface area contributed by atoms with E-state index in [1.54, 1.807) is 24.5 Å². The van der Waals surface area contributed by atoms with Crippen LogP contribution in [0.4, 0.5) is 5.69 Å². The lowest BCUT2D eigenvalue weighted by atomic mass is 9.84. The number of likely N-dealkylation sites (N-methyl/N-ethyl adjacent to an activating group) is 1. The minimum Gasteiger partial charge on any atom is -0.347 e. The summed E-state index contributed by atoms with van der Waals surface area (Å²) < 4.78 is 0. The number of allylic oxidation sites excluding steroid dienone is 2. The molecular weight excluding hydrogens is 300 g/mol. The van der Waals surface area contributed by atoms with Gasteiger partial charge in [0, 0.05) is 42.5 Å². The van der Waals surface area contributed by atoms with Crippen LogP contribution < -0.4 is 10.3 Å². The summed E-state index contributed by atoms with van der Waals surface area (Å²) in [6, 6.07) is 11.8. The monoisotopic (exact) mass is 320 g/mol. The summed E-state index contributed by atoms with van der Waals surface area (Å²) >= 11 is 0. The molecule has 1 aromatic carbocycles.